The summed E-state index contributed by atoms with van der Waals surface area (Å²) in [5, 5.41) is 6.07. The quantitative estimate of drug-likeness (QED) is 0.270. The second-order valence-electron chi connectivity index (χ2n) is 13.2. The Morgan fingerprint density at radius 1 is 0.979 bits per heavy atom. The van der Waals surface area contributed by atoms with Gasteiger partial charge in [-0.3, -0.25) is 24.8 Å². The van der Waals surface area contributed by atoms with Crippen LogP contribution in [0.15, 0.2) is 84.9 Å². The Morgan fingerprint density at radius 3 is 2.29 bits per heavy atom. The molecule has 2 unspecified atom stereocenters. The van der Waals surface area contributed by atoms with E-state index in [1.807, 2.05) is 67.6 Å². The number of ether oxygens (including phenoxy) is 2. The maximum absolute atomic E-state index is 14.2. The highest BCUT2D eigenvalue weighted by Crippen LogP contribution is 2.45. The molecule has 0 radical (unpaired) electrons. The predicted molar refractivity (Wildman–Crippen MR) is 180 cm³/mol. The van der Waals surface area contributed by atoms with E-state index in [9.17, 15) is 14.4 Å². The van der Waals surface area contributed by atoms with Crippen LogP contribution in [0.1, 0.15) is 61.6 Å². The lowest BCUT2D eigenvalue weighted by molar-refractivity contribution is -0.135. The lowest BCUT2D eigenvalue weighted by Gasteiger charge is -2.29. The van der Waals surface area contributed by atoms with E-state index in [0.29, 0.717) is 6.42 Å². The molecule has 2 fully saturated rings. The zero-order valence-corrected chi connectivity index (χ0v) is 27.3. The molecule has 3 aromatic rings. The van der Waals surface area contributed by atoms with Crippen molar-refractivity contribution < 1.29 is 28.7 Å². The number of rotatable bonds is 11. The summed E-state index contributed by atoms with van der Waals surface area (Å²) in [4.78, 5) is 48.8. The maximum atomic E-state index is 14.2. The van der Waals surface area contributed by atoms with Crippen molar-refractivity contribution in [1.82, 2.24) is 21.0 Å². The zero-order chi connectivity index (χ0) is 33.3. The van der Waals surface area contributed by atoms with E-state index >= 15 is 0 Å². The number of nitrogens with zero attached hydrogens (tertiary/aromatic N) is 1. The van der Waals surface area contributed by atoms with Gasteiger partial charge in [-0.25, -0.2) is 4.79 Å². The fraction of sp³-hybridized carbons (Fsp3) is 0.395. The standard InChI is InChI=1S/C38H42N4O6/c1-3-11-31(34(46-2)36(44)39-25-18-19-25)40-35(43)33-21-38(20-32(41-48-38)24-12-5-4-6-13-24)23-42(33)37(45)47-22-30-28-16-9-7-14-26(28)27-15-8-10-17-29(27)30/h4-10,12-17,20,25,30-31,33-34,41H,3,11,18-19,21-23H2,1-2H3,(H,39,44)(H,40,43)/t31-,33?,34?,38+/m0/s1. The van der Waals surface area contributed by atoms with Gasteiger partial charge in [0.25, 0.3) is 5.91 Å². The third-order valence-corrected chi connectivity index (χ3v) is 9.81. The van der Waals surface area contributed by atoms with Crippen molar-refractivity contribution in [3.63, 3.8) is 0 Å². The van der Waals surface area contributed by atoms with Crippen molar-refractivity contribution in [3.05, 3.63) is 102 Å². The molecule has 7 rings (SSSR count). The number of methoxy groups -OCH3 is 1. The summed E-state index contributed by atoms with van der Waals surface area (Å²) in [6, 6.07) is 24.8. The van der Waals surface area contributed by atoms with E-state index in [4.69, 9.17) is 14.3 Å². The van der Waals surface area contributed by atoms with Gasteiger partial charge in [-0.1, -0.05) is 92.2 Å². The topological polar surface area (TPSA) is 118 Å². The van der Waals surface area contributed by atoms with Gasteiger partial charge in [-0.2, -0.15) is 0 Å². The Balaban J connectivity index is 1.13. The molecule has 10 nitrogen and oxygen atoms in total. The minimum Gasteiger partial charge on any atom is -0.448 e. The van der Waals surface area contributed by atoms with Crippen molar-refractivity contribution in [3.8, 4) is 11.1 Å². The number of carbonyl (C=O) groups is 3. The summed E-state index contributed by atoms with van der Waals surface area (Å²) in [7, 11) is 1.48. The lowest BCUT2D eigenvalue weighted by Crippen LogP contribution is -2.55. The Morgan fingerprint density at radius 2 is 1.65 bits per heavy atom. The summed E-state index contributed by atoms with van der Waals surface area (Å²) in [6.07, 6.45) is 3.84. The van der Waals surface area contributed by atoms with Crippen molar-refractivity contribution in [2.45, 2.75) is 74.8 Å². The van der Waals surface area contributed by atoms with E-state index in [0.717, 1.165) is 52.8 Å². The molecule has 1 saturated heterocycles. The molecule has 4 atom stereocenters. The highest BCUT2D eigenvalue weighted by atomic mass is 16.7. The van der Waals surface area contributed by atoms with Crippen LogP contribution in [0.4, 0.5) is 4.79 Å². The zero-order valence-electron chi connectivity index (χ0n) is 27.3. The molecule has 48 heavy (non-hydrogen) atoms. The van der Waals surface area contributed by atoms with Crippen LogP contribution in [-0.2, 0) is 23.9 Å². The molecule has 4 aliphatic rings. The van der Waals surface area contributed by atoms with Crippen LogP contribution >= 0.6 is 0 Å². The van der Waals surface area contributed by atoms with E-state index < -0.39 is 29.9 Å². The molecule has 3 N–H and O–H groups in total. The number of hydroxylamine groups is 1. The molecular weight excluding hydrogens is 608 g/mol. The average molecular weight is 651 g/mol. The number of likely N-dealkylation sites (tertiary alicyclic amines) is 1. The van der Waals surface area contributed by atoms with E-state index in [2.05, 4.69) is 40.4 Å². The summed E-state index contributed by atoms with van der Waals surface area (Å²) < 4.78 is 11.7. The molecule has 0 aromatic heterocycles. The number of hydrogen-bond donors (Lipinski definition) is 3. The van der Waals surface area contributed by atoms with E-state index in [1.54, 1.807) is 0 Å². The number of carbonyl (C=O) groups excluding carboxylic acids is 3. The van der Waals surface area contributed by atoms with Crippen LogP contribution in [0.25, 0.3) is 16.8 Å². The smallest absolute Gasteiger partial charge is 0.410 e. The van der Waals surface area contributed by atoms with Crippen LogP contribution < -0.4 is 16.1 Å². The van der Waals surface area contributed by atoms with Crippen molar-refractivity contribution in [2.75, 3.05) is 20.3 Å². The first-order valence-electron chi connectivity index (χ1n) is 16.9. The summed E-state index contributed by atoms with van der Waals surface area (Å²) in [5.74, 6) is -0.750. The normalized spacial score (nSPS) is 22.3. The van der Waals surface area contributed by atoms with Crippen LogP contribution in [-0.4, -0.2) is 72.9 Å². The number of fused-ring (bicyclic) bond motifs is 3. The predicted octanol–water partition coefficient (Wildman–Crippen LogP) is 4.90. The molecule has 3 amide bonds. The molecule has 2 aliphatic carbocycles. The van der Waals surface area contributed by atoms with Gasteiger partial charge in [0.1, 0.15) is 18.2 Å². The summed E-state index contributed by atoms with van der Waals surface area (Å²) in [6.45, 7) is 2.23. The molecule has 2 aliphatic heterocycles. The fourth-order valence-corrected chi connectivity index (χ4v) is 7.27. The molecular formula is C38H42N4O6. The largest absolute Gasteiger partial charge is 0.448 e. The summed E-state index contributed by atoms with van der Waals surface area (Å²) in [5.41, 5.74) is 8.26. The van der Waals surface area contributed by atoms with E-state index in [1.165, 1.54) is 12.0 Å². The number of amides is 3. The van der Waals surface area contributed by atoms with Crippen LogP contribution in [0, 0.1) is 0 Å². The third kappa shape index (κ3) is 6.30. The van der Waals surface area contributed by atoms with Crippen LogP contribution in [0.2, 0.25) is 0 Å². The second-order valence-corrected chi connectivity index (χ2v) is 13.2. The number of nitrogens with one attached hydrogen (secondary N) is 3. The third-order valence-electron chi connectivity index (χ3n) is 9.81. The summed E-state index contributed by atoms with van der Waals surface area (Å²) >= 11 is 0. The molecule has 3 aromatic carbocycles. The highest BCUT2D eigenvalue weighted by Gasteiger charge is 2.53. The molecule has 1 saturated carbocycles. The van der Waals surface area contributed by atoms with Gasteiger partial charge in [0, 0.05) is 25.5 Å². The van der Waals surface area contributed by atoms with Gasteiger partial charge in [-0.05, 0) is 53.2 Å². The van der Waals surface area contributed by atoms with Gasteiger partial charge >= 0.3 is 6.09 Å². The van der Waals surface area contributed by atoms with Crippen molar-refractivity contribution in [2.24, 2.45) is 0 Å². The molecule has 250 valence electrons. The van der Waals surface area contributed by atoms with Gasteiger partial charge < -0.3 is 20.1 Å². The SMILES string of the molecule is CCC[C@H](NC(=O)C1C[C@]2(C=C(c3ccccc3)NO2)CN1C(=O)OCC1c2ccccc2-c2ccccc21)C(OC)C(=O)NC1CC1. The number of hydrogen-bond acceptors (Lipinski definition) is 7. The van der Waals surface area contributed by atoms with E-state index in [-0.39, 0.29) is 43.3 Å². The highest BCUT2D eigenvalue weighted by molar-refractivity contribution is 5.89. The van der Waals surface area contributed by atoms with Gasteiger partial charge in [-0.15, -0.1) is 0 Å². The Bertz CT molecular complexity index is 1660. The number of benzene rings is 3. The lowest BCUT2D eigenvalue weighted by atomic mass is 9.97. The Kier molecular flexibility index (Phi) is 8.94. The monoisotopic (exact) mass is 650 g/mol. The Hall–Kier alpha value is -4.67. The molecule has 0 bridgehead atoms. The average Bonchev–Trinajstić information content (AvgIpc) is 3.56. The van der Waals surface area contributed by atoms with Crippen molar-refractivity contribution >= 4 is 23.6 Å². The minimum absolute atomic E-state index is 0.111. The first-order chi connectivity index (χ1) is 23.4. The van der Waals surface area contributed by atoms with Crippen LogP contribution in [0.5, 0.6) is 0 Å². The van der Waals surface area contributed by atoms with Gasteiger partial charge in [0.2, 0.25) is 5.91 Å². The van der Waals surface area contributed by atoms with Crippen LogP contribution in [0.3, 0.4) is 0 Å². The minimum atomic E-state index is -0.955. The van der Waals surface area contributed by atoms with Gasteiger partial charge in [0.15, 0.2) is 6.10 Å². The van der Waals surface area contributed by atoms with Gasteiger partial charge in [0.05, 0.1) is 18.3 Å². The molecule has 1 spiro atoms. The molecule has 2 heterocycles. The molecule has 10 heteroatoms. The first-order valence-corrected chi connectivity index (χ1v) is 16.9. The second kappa shape index (κ2) is 13.4. The maximum Gasteiger partial charge on any atom is 0.410 e. The first kappa shape index (κ1) is 31.9. The fourth-order valence-electron chi connectivity index (χ4n) is 7.27. The Labute approximate surface area is 280 Å². The van der Waals surface area contributed by atoms with Crippen molar-refractivity contribution in [1.29, 1.82) is 0 Å².